The summed E-state index contributed by atoms with van der Waals surface area (Å²) in [5.41, 5.74) is 12.3. The van der Waals surface area contributed by atoms with Gasteiger partial charge in [0.05, 0.1) is 21.4 Å². The third-order valence-electron chi connectivity index (χ3n) is 2.25. The lowest BCUT2D eigenvalue weighted by Gasteiger charge is -2.11. The van der Waals surface area contributed by atoms with Crippen LogP contribution in [0.5, 0.6) is 11.5 Å². The molecular weight excluding hydrogens is 259 g/mol. The molecule has 0 amide bonds. The molecule has 2 aromatic rings. The molecule has 4 N–H and O–H groups in total. The number of nitrogen functional groups attached to an aromatic ring is 2. The van der Waals surface area contributed by atoms with Crippen LogP contribution in [0, 0.1) is 0 Å². The highest BCUT2D eigenvalue weighted by atomic mass is 35.5. The predicted molar refractivity (Wildman–Crippen MR) is 71.8 cm³/mol. The summed E-state index contributed by atoms with van der Waals surface area (Å²) in [6.45, 7) is 0. The molecule has 0 fully saturated rings. The number of ether oxygens (including phenoxy) is 1. The number of hydrogen-bond donors (Lipinski definition) is 2. The smallest absolute Gasteiger partial charge is 0.151 e. The van der Waals surface area contributed by atoms with E-state index >= 15 is 0 Å². The topological polar surface area (TPSA) is 61.3 Å². The highest BCUT2D eigenvalue weighted by Gasteiger charge is 2.09. The molecule has 0 aliphatic rings. The number of anilines is 2. The van der Waals surface area contributed by atoms with E-state index in [-0.39, 0.29) is 0 Å². The minimum Gasteiger partial charge on any atom is -0.453 e. The first kappa shape index (κ1) is 11.9. The molecule has 0 aliphatic heterocycles. The fourth-order valence-corrected chi connectivity index (χ4v) is 1.66. The molecule has 3 nitrogen and oxygen atoms in total. The Labute approximate surface area is 109 Å². The number of rotatable bonds is 2. The molecule has 5 heteroatoms. The van der Waals surface area contributed by atoms with Gasteiger partial charge in [-0.1, -0.05) is 35.3 Å². The second-order valence-corrected chi connectivity index (χ2v) is 4.22. The summed E-state index contributed by atoms with van der Waals surface area (Å²) in [4.78, 5) is 0. The number of hydrogen-bond acceptors (Lipinski definition) is 3. The monoisotopic (exact) mass is 268 g/mol. The zero-order valence-corrected chi connectivity index (χ0v) is 10.3. The SMILES string of the molecule is Nc1c(Cl)cccc1Oc1cccc(Cl)c1N. The van der Waals surface area contributed by atoms with Crippen LogP contribution < -0.4 is 16.2 Å². The number of para-hydroxylation sites is 2. The van der Waals surface area contributed by atoms with E-state index in [0.29, 0.717) is 32.9 Å². The van der Waals surface area contributed by atoms with Gasteiger partial charge in [-0.25, -0.2) is 0 Å². The minimum absolute atomic E-state index is 0.369. The van der Waals surface area contributed by atoms with Gasteiger partial charge in [-0.3, -0.25) is 0 Å². The molecule has 0 saturated carbocycles. The maximum atomic E-state index is 5.89. The first-order valence-electron chi connectivity index (χ1n) is 4.85. The maximum absolute atomic E-state index is 5.89. The molecule has 0 atom stereocenters. The number of halogens is 2. The fraction of sp³-hybridized carbons (Fsp3) is 0. The van der Waals surface area contributed by atoms with Crippen LogP contribution in [-0.4, -0.2) is 0 Å². The fourth-order valence-electron chi connectivity index (χ4n) is 1.33. The van der Waals surface area contributed by atoms with Crippen molar-refractivity contribution in [2.45, 2.75) is 0 Å². The molecule has 0 aromatic heterocycles. The quantitative estimate of drug-likeness (QED) is 0.811. The van der Waals surface area contributed by atoms with Gasteiger partial charge in [0.25, 0.3) is 0 Å². The molecule has 0 bridgehead atoms. The van der Waals surface area contributed by atoms with Gasteiger partial charge in [0.1, 0.15) is 0 Å². The summed E-state index contributed by atoms with van der Waals surface area (Å²) >= 11 is 11.8. The number of nitrogens with two attached hydrogens (primary N) is 2. The molecule has 0 unspecified atom stereocenters. The van der Waals surface area contributed by atoms with Crippen molar-refractivity contribution >= 4 is 34.6 Å². The Balaban J connectivity index is 2.38. The van der Waals surface area contributed by atoms with E-state index in [1.165, 1.54) is 0 Å². The zero-order valence-electron chi connectivity index (χ0n) is 8.78. The van der Waals surface area contributed by atoms with Crippen LogP contribution in [0.2, 0.25) is 10.0 Å². The molecule has 17 heavy (non-hydrogen) atoms. The Morgan fingerprint density at radius 3 is 1.59 bits per heavy atom. The van der Waals surface area contributed by atoms with Crippen molar-refractivity contribution < 1.29 is 4.74 Å². The first-order valence-corrected chi connectivity index (χ1v) is 5.61. The third kappa shape index (κ3) is 2.40. The highest BCUT2D eigenvalue weighted by Crippen LogP contribution is 2.36. The summed E-state index contributed by atoms with van der Waals surface area (Å²) in [5, 5.41) is 0.867. The second kappa shape index (κ2) is 4.73. The van der Waals surface area contributed by atoms with Crippen molar-refractivity contribution in [3.05, 3.63) is 46.4 Å². The Bertz CT molecular complexity index is 509. The van der Waals surface area contributed by atoms with E-state index in [0.717, 1.165) is 0 Å². The van der Waals surface area contributed by atoms with Crippen LogP contribution in [0.1, 0.15) is 0 Å². The van der Waals surface area contributed by atoms with Crippen LogP contribution >= 0.6 is 23.2 Å². The molecule has 0 radical (unpaired) electrons. The summed E-state index contributed by atoms with van der Waals surface area (Å²) < 4.78 is 5.58. The lowest BCUT2D eigenvalue weighted by Crippen LogP contribution is -1.96. The molecule has 88 valence electrons. The van der Waals surface area contributed by atoms with Gasteiger partial charge in [0.2, 0.25) is 0 Å². The van der Waals surface area contributed by atoms with Crippen molar-refractivity contribution in [3.63, 3.8) is 0 Å². The van der Waals surface area contributed by atoms with Crippen LogP contribution in [0.3, 0.4) is 0 Å². The van der Waals surface area contributed by atoms with Gasteiger partial charge in [-0.2, -0.15) is 0 Å². The average Bonchev–Trinajstić information content (AvgIpc) is 2.31. The largest absolute Gasteiger partial charge is 0.453 e. The standard InChI is InChI=1S/C12H10Cl2N2O/c13-7-3-1-5-9(11(7)15)17-10-6-2-4-8(14)12(10)16/h1-6H,15-16H2. The van der Waals surface area contributed by atoms with Crippen LogP contribution in [0.4, 0.5) is 11.4 Å². The van der Waals surface area contributed by atoms with Crippen molar-refractivity contribution in [2.24, 2.45) is 0 Å². The van der Waals surface area contributed by atoms with Gasteiger partial charge in [0, 0.05) is 0 Å². The van der Waals surface area contributed by atoms with Crippen molar-refractivity contribution in [2.75, 3.05) is 11.5 Å². The van der Waals surface area contributed by atoms with E-state index in [1.807, 2.05) is 0 Å². The van der Waals surface area contributed by atoms with E-state index in [4.69, 9.17) is 39.4 Å². The maximum Gasteiger partial charge on any atom is 0.151 e. The second-order valence-electron chi connectivity index (χ2n) is 3.41. The summed E-state index contributed by atoms with van der Waals surface area (Å²) in [6, 6.07) is 10.3. The summed E-state index contributed by atoms with van der Waals surface area (Å²) in [6.07, 6.45) is 0. The third-order valence-corrected chi connectivity index (χ3v) is 2.90. The summed E-state index contributed by atoms with van der Waals surface area (Å²) in [5.74, 6) is 0.901. The lowest BCUT2D eigenvalue weighted by atomic mass is 10.2. The molecule has 0 spiro atoms. The lowest BCUT2D eigenvalue weighted by molar-refractivity contribution is 0.487. The number of benzene rings is 2. The van der Waals surface area contributed by atoms with Crippen molar-refractivity contribution in [1.29, 1.82) is 0 Å². The van der Waals surface area contributed by atoms with Crippen molar-refractivity contribution in [1.82, 2.24) is 0 Å². The predicted octanol–water partition coefficient (Wildman–Crippen LogP) is 3.95. The average molecular weight is 269 g/mol. The van der Waals surface area contributed by atoms with E-state index in [9.17, 15) is 0 Å². The van der Waals surface area contributed by atoms with Crippen LogP contribution in [-0.2, 0) is 0 Å². The van der Waals surface area contributed by atoms with E-state index in [1.54, 1.807) is 36.4 Å². The molecule has 2 rings (SSSR count). The van der Waals surface area contributed by atoms with Gasteiger partial charge < -0.3 is 16.2 Å². The van der Waals surface area contributed by atoms with Crippen LogP contribution in [0.15, 0.2) is 36.4 Å². The zero-order chi connectivity index (χ0) is 12.4. The van der Waals surface area contributed by atoms with Gasteiger partial charge in [0.15, 0.2) is 11.5 Å². The van der Waals surface area contributed by atoms with Gasteiger partial charge in [-0.15, -0.1) is 0 Å². The van der Waals surface area contributed by atoms with Crippen LogP contribution in [0.25, 0.3) is 0 Å². The molecular formula is C12H10Cl2N2O. The first-order chi connectivity index (χ1) is 8.09. The minimum atomic E-state index is 0.369. The Hall–Kier alpha value is -1.58. The Morgan fingerprint density at radius 2 is 1.18 bits per heavy atom. The molecule has 0 aliphatic carbocycles. The Kier molecular flexibility index (Phi) is 3.31. The highest BCUT2D eigenvalue weighted by molar-refractivity contribution is 6.33. The van der Waals surface area contributed by atoms with E-state index in [2.05, 4.69) is 0 Å². The molecule has 2 aromatic carbocycles. The molecule has 0 heterocycles. The van der Waals surface area contributed by atoms with E-state index < -0.39 is 0 Å². The normalized spacial score (nSPS) is 10.2. The molecule has 0 saturated heterocycles. The van der Waals surface area contributed by atoms with Gasteiger partial charge >= 0.3 is 0 Å². The van der Waals surface area contributed by atoms with Crippen molar-refractivity contribution in [3.8, 4) is 11.5 Å². The Morgan fingerprint density at radius 1 is 0.765 bits per heavy atom. The van der Waals surface area contributed by atoms with Gasteiger partial charge in [-0.05, 0) is 24.3 Å². The summed E-state index contributed by atoms with van der Waals surface area (Å²) in [7, 11) is 0.